The lowest BCUT2D eigenvalue weighted by Gasteiger charge is -2.26. The zero-order valence-corrected chi connectivity index (χ0v) is 12.3. The van der Waals surface area contributed by atoms with Gasteiger partial charge in [-0.1, -0.05) is 18.2 Å². The molecular formula is C17H18N2O3. The molecule has 1 aromatic carbocycles. The van der Waals surface area contributed by atoms with Crippen molar-refractivity contribution in [1.29, 1.82) is 5.41 Å². The van der Waals surface area contributed by atoms with Crippen LogP contribution in [-0.4, -0.2) is 36.5 Å². The maximum atomic E-state index is 12.9. The van der Waals surface area contributed by atoms with Crippen molar-refractivity contribution in [3.05, 3.63) is 53.3 Å². The SMILES string of the molecule is COC1CC(C(=O)N2c3ccccc3C[C@H]2C=N)=CC=C1O. The molecule has 22 heavy (non-hydrogen) atoms. The second kappa shape index (κ2) is 5.77. The number of allylic oxidation sites excluding steroid dienone is 2. The van der Waals surface area contributed by atoms with E-state index in [1.807, 2.05) is 24.3 Å². The van der Waals surface area contributed by atoms with E-state index in [1.54, 1.807) is 11.0 Å². The minimum absolute atomic E-state index is 0.129. The highest BCUT2D eigenvalue weighted by atomic mass is 16.5. The van der Waals surface area contributed by atoms with Crippen molar-refractivity contribution in [2.45, 2.75) is 25.0 Å². The van der Waals surface area contributed by atoms with Crippen LogP contribution in [0.1, 0.15) is 12.0 Å². The number of benzene rings is 1. The molecule has 0 spiro atoms. The van der Waals surface area contributed by atoms with Crippen molar-refractivity contribution < 1.29 is 14.6 Å². The van der Waals surface area contributed by atoms with Crippen molar-refractivity contribution in [1.82, 2.24) is 0 Å². The first-order valence-corrected chi connectivity index (χ1v) is 7.20. The number of rotatable bonds is 3. The van der Waals surface area contributed by atoms with E-state index in [0.29, 0.717) is 18.4 Å². The van der Waals surface area contributed by atoms with Crippen molar-refractivity contribution >= 4 is 17.8 Å². The summed E-state index contributed by atoms with van der Waals surface area (Å²) in [5.41, 5.74) is 2.50. The summed E-state index contributed by atoms with van der Waals surface area (Å²) in [6.07, 6.45) is 4.96. The Kier molecular flexibility index (Phi) is 3.81. The minimum Gasteiger partial charge on any atom is -0.510 e. The molecule has 0 bridgehead atoms. The number of methoxy groups -OCH3 is 1. The van der Waals surface area contributed by atoms with E-state index < -0.39 is 6.10 Å². The molecular weight excluding hydrogens is 280 g/mol. The fourth-order valence-electron chi connectivity index (χ4n) is 2.99. The Morgan fingerprint density at radius 1 is 1.36 bits per heavy atom. The molecule has 1 aliphatic carbocycles. The fourth-order valence-corrected chi connectivity index (χ4v) is 2.99. The average Bonchev–Trinajstić information content (AvgIpc) is 2.93. The number of para-hydroxylation sites is 1. The topological polar surface area (TPSA) is 73.6 Å². The van der Waals surface area contributed by atoms with Crippen molar-refractivity contribution in [2.24, 2.45) is 0 Å². The van der Waals surface area contributed by atoms with Gasteiger partial charge in [-0.25, -0.2) is 0 Å². The van der Waals surface area contributed by atoms with Gasteiger partial charge in [-0.2, -0.15) is 0 Å². The predicted octanol–water partition coefficient (Wildman–Crippen LogP) is 2.38. The molecule has 1 heterocycles. The lowest BCUT2D eigenvalue weighted by molar-refractivity contribution is -0.115. The fraction of sp³-hybridized carbons (Fsp3) is 0.294. The maximum absolute atomic E-state index is 12.9. The van der Waals surface area contributed by atoms with Crippen LogP contribution in [0.15, 0.2) is 47.7 Å². The number of fused-ring (bicyclic) bond motifs is 1. The van der Waals surface area contributed by atoms with Gasteiger partial charge in [0.1, 0.15) is 11.9 Å². The quantitative estimate of drug-likeness (QED) is 0.841. The van der Waals surface area contributed by atoms with E-state index in [-0.39, 0.29) is 17.7 Å². The molecule has 0 saturated carbocycles. The first-order chi connectivity index (χ1) is 10.7. The van der Waals surface area contributed by atoms with Crippen LogP contribution in [0.2, 0.25) is 0 Å². The number of hydrogen-bond acceptors (Lipinski definition) is 4. The van der Waals surface area contributed by atoms with E-state index in [0.717, 1.165) is 11.3 Å². The second-order valence-electron chi connectivity index (χ2n) is 5.45. The van der Waals surface area contributed by atoms with Crippen LogP contribution in [0.5, 0.6) is 0 Å². The lowest BCUT2D eigenvalue weighted by atomic mass is 9.99. The number of amides is 1. The van der Waals surface area contributed by atoms with Crippen LogP contribution in [0, 0.1) is 5.41 Å². The van der Waals surface area contributed by atoms with E-state index in [2.05, 4.69) is 0 Å². The number of ether oxygens (including phenoxy) is 1. The number of nitrogens with zero attached hydrogens (tertiary/aromatic N) is 1. The summed E-state index contributed by atoms with van der Waals surface area (Å²) >= 11 is 0. The van der Waals surface area contributed by atoms with Crippen LogP contribution in [0.4, 0.5) is 5.69 Å². The van der Waals surface area contributed by atoms with Crippen LogP contribution in [0.3, 0.4) is 0 Å². The summed E-state index contributed by atoms with van der Waals surface area (Å²) < 4.78 is 5.19. The van der Waals surface area contributed by atoms with E-state index in [4.69, 9.17) is 10.1 Å². The van der Waals surface area contributed by atoms with Gasteiger partial charge in [-0.05, 0) is 23.8 Å². The van der Waals surface area contributed by atoms with Crippen LogP contribution < -0.4 is 4.90 Å². The van der Waals surface area contributed by atoms with Gasteiger partial charge in [-0.15, -0.1) is 0 Å². The van der Waals surface area contributed by atoms with Crippen molar-refractivity contribution in [3.8, 4) is 0 Å². The summed E-state index contributed by atoms with van der Waals surface area (Å²) in [4.78, 5) is 14.6. The number of carbonyl (C=O) groups is 1. The Morgan fingerprint density at radius 3 is 2.86 bits per heavy atom. The van der Waals surface area contributed by atoms with Gasteiger partial charge in [0.25, 0.3) is 5.91 Å². The van der Waals surface area contributed by atoms with E-state index >= 15 is 0 Å². The monoisotopic (exact) mass is 298 g/mol. The number of carbonyl (C=O) groups excluding carboxylic acids is 1. The van der Waals surface area contributed by atoms with Gasteiger partial charge in [-0.3, -0.25) is 9.69 Å². The predicted molar refractivity (Wildman–Crippen MR) is 84.4 cm³/mol. The normalized spacial score (nSPS) is 23.6. The number of anilines is 1. The number of aliphatic hydroxyl groups is 1. The van der Waals surface area contributed by atoms with Gasteiger partial charge in [0, 0.05) is 37.4 Å². The van der Waals surface area contributed by atoms with Crippen LogP contribution in [0.25, 0.3) is 0 Å². The summed E-state index contributed by atoms with van der Waals surface area (Å²) in [6.45, 7) is 0. The Labute approximate surface area is 129 Å². The summed E-state index contributed by atoms with van der Waals surface area (Å²) in [7, 11) is 1.51. The molecule has 3 rings (SSSR count). The maximum Gasteiger partial charge on any atom is 0.254 e. The highest BCUT2D eigenvalue weighted by molar-refractivity contribution is 6.09. The zero-order valence-electron chi connectivity index (χ0n) is 12.3. The standard InChI is InChI=1S/C17H18N2O3/c1-22-16-9-12(6-7-15(16)20)17(21)19-13(10-18)8-11-4-2-3-5-14(11)19/h2-7,10,13,16,18,20H,8-9H2,1H3/t13-,16?/m0/s1. The number of aliphatic hydroxyl groups excluding tert-OH is 1. The van der Waals surface area contributed by atoms with Crippen molar-refractivity contribution in [2.75, 3.05) is 12.0 Å². The molecule has 0 aromatic heterocycles. The van der Waals surface area contributed by atoms with Crippen molar-refractivity contribution in [3.63, 3.8) is 0 Å². The molecule has 1 aromatic rings. The summed E-state index contributed by atoms with van der Waals surface area (Å²) in [6, 6.07) is 7.46. The van der Waals surface area contributed by atoms with Crippen LogP contribution in [-0.2, 0) is 16.0 Å². The molecule has 2 atom stereocenters. The average molecular weight is 298 g/mol. The van der Waals surface area contributed by atoms with Gasteiger partial charge >= 0.3 is 0 Å². The largest absolute Gasteiger partial charge is 0.510 e. The molecule has 2 N–H and O–H groups in total. The molecule has 5 heteroatoms. The third kappa shape index (κ3) is 2.33. The molecule has 0 fully saturated rings. The Morgan fingerprint density at radius 2 is 2.14 bits per heavy atom. The highest BCUT2D eigenvalue weighted by Crippen LogP contribution is 2.34. The van der Waals surface area contributed by atoms with Gasteiger partial charge < -0.3 is 15.3 Å². The zero-order chi connectivity index (χ0) is 15.7. The molecule has 1 aliphatic heterocycles. The Bertz CT molecular complexity index is 678. The first-order valence-electron chi connectivity index (χ1n) is 7.20. The van der Waals surface area contributed by atoms with E-state index in [1.165, 1.54) is 19.4 Å². The molecule has 5 nitrogen and oxygen atoms in total. The lowest BCUT2D eigenvalue weighted by Crippen LogP contribution is -2.40. The first kappa shape index (κ1) is 14.5. The third-order valence-corrected chi connectivity index (χ3v) is 4.17. The molecule has 1 amide bonds. The minimum atomic E-state index is -0.486. The Hall–Kier alpha value is -2.40. The second-order valence-corrected chi connectivity index (χ2v) is 5.45. The number of hydrogen-bond donors (Lipinski definition) is 2. The molecule has 114 valence electrons. The van der Waals surface area contributed by atoms with Gasteiger partial charge in [0.2, 0.25) is 0 Å². The molecule has 0 saturated heterocycles. The van der Waals surface area contributed by atoms with Gasteiger partial charge in [0.05, 0.1) is 6.04 Å². The molecule has 0 radical (unpaired) electrons. The molecule has 1 unspecified atom stereocenters. The molecule has 2 aliphatic rings. The van der Waals surface area contributed by atoms with Gasteiger partial charge in [0.15, 0.2) is 0 Å². The van der Waals surface area contributed by atoms with E-state index in [9.17, 15) is 9.90 Å². The number of nitrogens with one attached hydrogen (secondary N) is 1. The summed E-state index contributed by atoms with van der Waals surface area (Å²) in [5.74, 6) is -0.00581. The third-order valence-electron chi connectivity index (χ3n) is 4.17. The smallest absolute Gasteiger partial charge is 0.254 e. The van der Waals surface area contributed by atoms with Crippen LogP contribution >= 0.6 is 0 Å². The Balaban J connectivity index is 1.93. The summed E-state index contributed by atoms with van der Waals surface area (Å²) in [5, 5.41) is 17.3. The highest BCUT2D eigenvalue weighted by Gasteiger charge is 2.35.